The number of nitrogens with one attached hydrogen (secondary N) is 3. The summed E-state index contributed by atoms with van der Waals surface area (Å²) in [6.45, 7) is -0.201. The summed E-state index contributed by atoms with van der Waals surface area (Å²) in [6, 6.07) is 4.01. The van der Waals surface area contributed by atoms with Crippen LogP contribution in [0.25, 0.3) is 0 Å². The molecular formula is C20H16Cl3FN4O5S2. The molecule has 2 aromatic rings. The summed E-state index contributed by atoms with van der Waals surface area (Å²) in [5.74, 6) is -0.972. The van der Waals surface area contributed by atoms with Crippen LogP contribution in [0.5, 0.6) is 5.75 Å². The van der Waals surface area contributed by atoms with Gasteiger partial charge in [0, 0.05) is 13.1 Å². The minimum atomic E-state index is -4.12. The molecule has 9 nitrogen and oxygen atoms in total. The number of thioether (sulfide) groups is 1. The normalized spacial score (nSPS) is 17.4. The van der Waals surface area contributed by atoms with Gasteiger partial charge in [0.1, 0.15) is 15.8 Å². The van der Waals surface area contributed by atoms with Crippen LogP contribution < -0.4 is 25.0 Å². The number of halogens is 4. The lowest BCUT2D eigenvalue weighted by Gasteiger charge is -2.29. The summed E-state index contributed by atoms with van der Waals surface area (Å²) in [5.41, 5.74) is 0.318. The average Bonchev–Trinajstić information content (AvgIpc) is 3.23. The number of rotatable bonds is 5. The molecule has 1 unspecified atom stereocenters. The molecule has 2 aliphatic heterocycles. The lowest BCUT2D eigenvalue weighted by molar-refractivity contribution is 0.0936. The number of sulfonamides is 1. The van der Waals surface area contributed by atoms with E-state index in [-0.39, 0.29) is 49.4 Å². The first-order valence-corrected chi connectivity index (χ1v) is 13.4. The monoisotopic (exact) mass is 580 g/mol. The van der Waals surface area contributed by atoms with Gasteiger partial charge in [0.05, 0.1) is 37.4 Å². The second-order valence-corrected chi connectivity index (χ2v) is 12.0. The Morgan fingerprint density at radius 2 is 1.91 bits per heavy atom. The van der Waals surface area contributed by atoms with Crippen LogP contribution in [0.15, 0.2) is 34.6 Å². The van der Waals surface area contributed by atoms with Gasteiger partial charge in [-0.15, -0.1) is 11.6 Å². The van der Waals surface area contributed by atoms with E-state index in [4.69, 9.17) is 39.5 Å². The molecule has 4 rings (SSSR count). The fourth-order valence-electron chi connectivity index (χ4n) is 3.29. The third-order valence-corrected chi connectivity index (χ3v) is 8.93. The highest BCUT2D eigenvalue weighted by Gasteiger charge is 2.31. The van der Waals surface area contributed by atoms with Crippen molar-refractivity contribution in [3.05, 3.63) is 56.0 Å². The molecule has 0 spiro atoms. The maximum atomic E-state index is 14.2. The van der Waals surface area contributed by atoms with Crippen LogP contribution >= 0.6 is 46.6 Å². The number of urea groups is 1. The molecule has 3 N–H and O–H groups in total. The molecule has 0 radical (unpaired) electrons. The number of carbonyl (C=O) groups is 2. The molecule has 0 aromatic heterocycles. The van der Waals surface area contributed by atoms with Gasteiger partial charge >= 0.3 is 6.03 Å². The molecule has 0 aliphatic carbocycles. The number of carbonyl (C=O) groups excluding carboxylic acids is 2. The number of hydrogen-bond acceptors (Lipinski definition) is 7. The van der Waals surface area contributed by atoms with Crippen molar-refractivity contribution < 1.29 is 27.1 Å². The van der Waals surface area contributed by atoms with Crippen molar-refractivity contribution in [2.45, 2.75) is 11.1 Å². The molecule has 186 valence electrons. The highest BCUT2D eigenvalue weighted by Crippen LogP contribution is 2.39. The number of ether oxygens (including phenoxy) is 1. The lowest BCUT2D eigenvalue weighted by Crippen LogP contribution is -2.39. The van der Waals surface area contributed by atoms with E-state index in [2.05, 4.69) is 10.6 Å². The van der Waals surface area contributed by atoms with E-state index in [1.54, 1.807) is 0 Å². The Kier molecular flexibility index (Phi) is 7.30. The zero-order chi connectivity index (χ0) is 25.5. The van der Waals surface area contributed by atoms with E-state index in [0.717, 1.165) is 17.8 Å². The molecule has 2 heterocycles. The van der Waals surface area contributed by atoms with Gasteiger partial charge in [0.25, 0.3) is 15.9 Å². The first-order valence-electron chi connectivity index (χ1n) is 9.80. The minimum Gasteiger partial charge on any atom is -0.472 e. The summed E-state index contributed by atoms with van der Waals surface area (Å²) >= 11 is 19.3. The molecule has 2 aromatic carbocycles. The highest BCUT2D eigenvalue weighted by molar-refractivity contribution is 8.19. The largest absolute Gasteiger partial charge is 0.472 e. The Morgan fingerprint density at radius 3 is 2.51 bits per heavy atom. The Balaban J connectivity index is 1.53. The Hall–Kier alpha value is -2.38. The van der Waals surface area contributed by atoms with Crippen LogP contribution in [-0.2, 0) is 10.0 Å². The van der Waals surface area contributed by atoms with E-state index >= 15 is 0 Å². The molecule has 1 atom stereocenters. The van der Waals surface area contributed by atoms with Crippen molar-refractivity contribution in [3.63, 3.8) is 0 Å². The van der Waals surface area contributed by atoms with Crippen LogP contribution in [0, 0.1) is 5.82 Å². The maximum absolute atomic E-state index is 14.2. The van der Waals surface area contributed by atoms with E-state index in [1.807, 2.05) is 4.72 Å². The van der Waals surface area contributed by atoms with Crippen molar-refractivity contribution in [2.24, 2.45) is 0 Å². The number of anilines is 3. The van der Waals surface area contributed by atoms with E-state index in [9.17, 15) is 22.4 Å². The van der Waals surface area contributed by atoms with Crippen molar-refractivity contribution in [3.8, 4) is 5.75 Å². The molecule has 2 aliphatic rings. The molecule has 3 amide bonds. The topological polar surface area (TPSA) is 117 Å². The Bertz CT molecular complexity index is 1350. The van der Waals surface area contributed by atoms with E-state index in [1.165, 1.54) is 36.2 Å². The molecule has 0 bridgehead atoms. The number of allylic oxidation sites excluding steroid dienone is 1. The zero-order valence-corrected chi connectivity index (χ0v) is 21.6. The maximum Gasteiger partial charge on any atom is 0.333 e. The number of alkyl halides is 1. The van der Waals surface area contributed by atoms with Crippen LogP contribution in [0.3, 0.4) is 0 Å². The first-order chi connectivity index (χ1) is 16.5. The second kappa shape index (κ2) is 9.94. The van der Waals surface area contributed by atoms with Crippen LogP contribution in [0.1, 0.15) is 16.8 Å². The van der Waals surface area contributed by atoms with Gasteiger partial charge in [-0.2, -0.15) is 0 Å². The zero-order valence-electron chi connectivity index (χ0n) is 17.7. The quantitative estimate of drug-likeness (QED) is 0.417. The summed E-state index contributed by atoms with van der Waals surface area (Å²) in [7, 11) is -2.58. The van der Waals surface area contributed by atoms with Gasteiger partial charge in [-0.1, -0.05) is 41.0 Å². The van der Waals surface area contributed by atoms with Crippen molar-refractivity contribution in [1.29, 1.82) is 0 Å². The van der Waals surface area contributed by atoms with Gasteiger partial charge in [-0.05, 0) is 24.6 Å². The number of benzene rings is 2. The van der Waals surface area contributed by atoms with Gasteiger partial charge in [0.2, 0.25) is 0 Å². The Morgan fingerprint density at radius 1 is 1.23 bits per heavy atom. The molecule has 0 fully saturated rings. The van der Waals surface area contributed by atoms with Crippen molar-refractivity contribution >= 4 is 85.6 Å². The van der Waals surface area contributed by atoms with E-state index in [0.29, 0.717) is 6.42 Å². The predicted octanol–water partition coefficient (Wildman–Crippen LogP) is 5.17. The number of nitrogens with zero attached hydrogens (tertiary/aromatic N) is 1. The summed E-state index contributed by atoms with van der Waals surface area (Å²) in [6.07, 6.45) is 1.75. The molecule has 0 saturated heterocycles. The number of amides is 3. The van der Waals surface area contributed by atoms with Crippen LogP contribution in [0.4, 0.5) is 26.2 Å². The fourth-order valence-corrected chi connectivity index (χ4v) is 6.73. The molecule has 35 heavy (non-hydrogen) atoms. The summed E-state index contributed by atoms with van der Waals surface area (Å²) < 4.78 is 45.8. The standard InChI is InChI=1S/C20H16Cl3FN4O5S2/c1-25-14-7-15-10(6-13(14)24)19(29)28(8-33-15)9-4-11(21)18(12(22)5-9)26-20(30)27-35(31,32)17-3-2-16(23)34-17/h3-7,16,25H,2,8H2,1H3,(H2,26,27,30). The summed E-state index contributed by atoms with van der Waals surface area (Å²) in [5, 5.41) is 4.81. The third-order valence-electron chi connectivity index (χ3n) is 4.95. The van der Waals surface area contributed by atoms with Crippen LogP contribution in [0.2, 0.25) is 10.0 Å². The first kappa shape index (κ1) is 25.7. The van der Waals surface area contributed by atoms with E-state index < -0.39 is 32.5 Å². The number of fused-ring (bicyclic) bond motifs is 1. The third kappa shape index (κ3) is 5.26. The van der Waals surface area contributed by atoms with Gasteiger partial charge in [-0.25, -0.2) is 22.3 Å². The average molecular weight is 582 g/mol. The SMILES string of the molecule is CNc1cc2c(cc1F)C(=O)N(c1cc(Cl)c(NC(=O)NS(=O)(=O)C3=CCC(Cl)S3)c(Cl)c1)CO2. The predicted molar refractivity (Wildman–Crippen MR) is 136 cm³/mol. The van der Waals surface area contributed by atoms with Gasteiger partial charge in [0.15, 0.2) is 6.73 Å². The minimum absolute atomic E-state index is 0.00468. The van der Waals surface area contributed by atoms with Crippen molar-refractivity contribution in [2.75, 3.05) is 29.3 Å². The smallest absolute Gasteiger partial charge is 0.333 e. The summed E-state index contributed by atoms with van der Waals surface area (Å²) in [4.78, 5) is 26.5. The molecule has 15 heteroatoms. The van der Waals surface area contributed by atoms with Crippen molar-refractivity contribution in [1.82, 2.24) is 4.72 Å². The number of hydrogen-bond donors (Lipinski definition) is 3. The second-order valence-electron chi connectivity index (χ2n) is 7.22. The highest BCUT2D eigenvalue weighted by atomic mass is 35.5. The van der Waals surface area contributed by atoms with Gasteiger partial charge in [-0.3, -0.25) is 9.69 Å². The molecule has 0 saturated carbocycles. The van der Waals surface area contributed by atoms with Gasteiger partial charge < -0.3 is 15.4 Å². The fraction of sp³-hybridized carbons (Fsp3) is 0.200. The Labute approximate surface area is 219 Å². The lowest BCUT2D eigenvalue weighted by atomic mass is 10.1. The molecular weight excluding hydrogens is 566 g/mol. The van der Waals surface area contributed by atoms with Crippen LogP contribution in [-0.4, -0.2) is 38.8 Å².